The topological polar surface area (TPSA) is 155 Å². The first-order valence-electron chi connectivity index (χ1n) is 5.81. The quantitative estimate of drug-likeness (QED) is 0.408. The van der Waals surface area contributed by atoms with Crippen LogP contribution in [0.4, 0.5) is 0 Å². The molecule has 0 bridgehead atoms. The van der Waals surface area contributed by atoms with Crippen molar-refractivity contribution in [2.45, 2.75) is 36.1 Å². The van der Waals surface area contributed by atoms with E-state index in [4.69, 9.17) is 21.7 Å². The van der Waals surface area contributed by atoms with Crippen molar-refractivity contribution in [3.05, 3.63) is 18.2 Å². The molecule has 114 valence electrons. The molecule has 1 aromatic rings. The first kappa shape index (κ1) is 18.6. The molecule has 0 saturated carbocycles. The van der Waals surface area contributed by atoms with Crippen LogP contribution in [-0.4, -0.2) is 59.2 Å². The fourth-order valence-electron chi connectivity index (χ4n) is 1.09. The predicted octanol–water partition coefficient (Wildman–Crippen LogP) is -0.677. The van der Waals surface area contributed by atoms with Gasteiger partial charge >= 0.3 is 66.1 Å². The van der Waals surface area contributed by atoms with Crippen LogP contribution < -0.4 is 11.5 Å². The third kappa shape index (κ3) is 8.65. The number of carboxylic acid groups (broad SMARTS) is 2. The fraction of sp³-hybridized carbons (Fsp3) is 0.545. The van der Waals surface area contributed by atoms with Gasteiger partial charge in [-0.1, -0.05) is 0 Å². The van der Waals surface area contributed by atoms with E-state index in [2.05, 4.69) is 15.8 Å². The van der Waals surface area contributed by atoms with E-state index in [1.54, 1.807) is 6.20 Å². The number of imidazole rings is 1. The summed E-state index contributed by atoms with van der Waals surface area (Å²) in [5.74, 6) is 0.181. The number of aliphatic carboxylic acids is 2. The molecule has 0 unspecified atom stereocenters. The van der Waals surface area contributed by atoms with E-state index in [-0.39, 0.29) is 6.42 Å². The van der Waals surface area contributed by atoms with Gasteiger partial charge in [-0.3, -0.25) is 4.79 Å². The zero-order valence-corrected chi connectivity index (χ0v) is 12.9. The Morgan fingerprint density at radius 3 is 2.35 bits per heavy atom. The van der Waals surface area contributed by atoms with E-state index in [9.17, 15) is 9.59 Å². The first-order valence-corrected chi connectivity index (χ1v) is 8.73. The predicted molar refractivity (Wildman–Crippen MR) is 74.6 cm³/mol. The van der Waals surface area contributed by atoms with Crippen molar-refractivity contribution in [1.82, 2.24) is 9.97 Å². The number of aromatic amines is 1. The molecular formula is C11H20N4O4Se. The summed E-state index contributed by atoms with van der Waals surface area (Å²) in [6, 6.07) is -1.50. The van der Waals surface area contributed by atoms with Gasteiger partial charge in [-0.05, 0) is 0 Å². The number of carboxylic acids is 2. The van der Waals surface area contributed by atoms with Gasteiger partial charge in [0.2, 0.25) is 0 Å². The normalized spacial score (nSPS) is 12.9. The molecule has 0 aliphatic heterocycles. The van der Waals surface area contributed by atoms with Crippen molar-refractivity contribution in [3.63, 3.8) is 0 Å². The Morgan fingerprint density at radius 1 is 1.35 bits per heavy atom. The molecule has 8 nitrogen and oxygen atoms in total. The van der Waals surface area contributed by atoms with Gasteiger partial charge in [0.05, 0.1) is 6.33 Å². The zero-order chi connectivity index (χ0) is 15.5. The molecule has 9 heteroatoms. The summed E-state index contributed by atoms with van der Waals surface area (Å²) >= 11 is 0.549. The summed E-state index contributed by atoms with van der Waals surface area (Å²) in [5, 5.41) is 17.7. The summed E-state index contributed by atoms with van der Waals surface area (Å²) in [6.07, 6.45) is 3.95. The van der Waals surface area contributed by atoms with Gasteiger partial charge in [0.25, 0.3) is 0 Å². The van der Waals surface area contributed by atoms with Crippen molar-refractivity contribution in [1.29, 1.82) is 0 Å². The van der Waals surface area contributed by atoms with Gasteiger partial charge in [0, 0.05) is 18.3 Å². The van der Waals surface area contributed by atoms with Crippen molar-refractivity contribution < 1.29 is 19.8 Å². The number of nitrogens with two attached hydrogens (primary N) is 2. The van der Waals surface area contributed by atoms with Gasteiger partial charge in [-0.15, -0.1) is 0 Å². The van der Waals surface area contributed by atoms with E-state index in [0.717, 1.165) is 11.0 Å². The van der Waals surface area contributed by atoms with Crippen LogP contribution in [0.15, 0.2) is 12.5 Å². The van der Waals surface area contributed by atoms with Gasteiger partial charge in [-0.25, -0.2) is 4.98 Å². The van der Waals surface area contributed by atoms with E-state index in [1.165, 1.54) is 6.33 Å². The van der Waals surface area contributed by atoms with Crippen molar-refractivity contribution >= 4 is 26.9 Å². The van der Waals surface area contributed by atoms with Crippen LogP contribution >= 0.6 is 0 Å². The van der Waals surface area contributed by atoms with Crippen molar-refractivity contribution in [2.75, 3.05) is 0 Å². The SMILES string of the molecule is C[Se]CC[C@H](N)C(=O)O.N[C@@H](Cc1cnc[nH]1)C(=O)O. The average Bonchev–Trinajstić information content (AvgIpc) is 2.89. The third-order valence-electron chi connectivity index (χ3n) is 2.26. The number of nitrogens with zero attached hydrogens (tertiary/aromatic N) is 1. The number of hydrogen-bond acceptors (Lipinski definition) is 5. The molecule has 1 rings (SSSR count). The van der Waals surface area contributed by atoms with E-state index < -0.39 is 24.0 Å². The Hall–Kier alpha value is -1.41. The molecule has 0 spiro atoms. The Morgan fingerprint density at radius 2 is 1.95 bits per heavy atom. The molecule has 0 saturated heterocycles. The van der Waals surface area contributed by atoms with Crippen LogP contribution in [-0.2, 0) is 16.0 Å². The number of carbonyl (C=O) groups is 2. The maximum atomic E-state index is 10.3. The number of rotatable bonds is 7. The number of hydrogen-bond donors (Lipinski definition) is 5. The smallest absolute Gasteiger partial charge is 0.320 e. The minimum absolute atomic E-state index is 0.287. The van der Waals surface area contributed by atoms with Crippen LogP contribution in [0, 0.1) is 0 Å². The molecule has 0 fully saturated rings. The summed E-state index contributed by atoms with van der Waals surface area (Å²) in [7, 11) is 0. The molecule has 1 aromatic heterocycles. The molecule has 1 heterocycles. The monoisotopic (exact) mass is 352 g/mol. The second-order valence-electron chi connectivity index (χ2n) is 3.95. The molecule has 7 N–H and O–H groups in total. The average molecular weight is 351 g/mol. The Balaban J connectivity index is 0.000000370. The van der Waals surface area contributed by atoms with E-state index >= 15 is 0 Å². The second-order valence-corrected chi connectivity index (χ2v) is 6.02. The summed E-state index contributed by atoms with van der Waals surface area (Å²) in [6.45, 7) is 0. The second kappa shape index (κ2) is 10.4. The minimum atomic E-state index is -1.00. The van der Waals surface area contributed by atoms with Gasteiger partial charge in [-0.2, -0.15) is 0 Å². The Kier molecular flexibility index (Phi) is 9.65. The van der Waals surface area contributed by atoms with Gasteiger partial charge in [0.15, 0.2) is 0 Å². The van der Waals surface area contributed by atoms with Gasteiger partial charge in [0.1, 0.15) is 6.04 Å². The first-order chi connectivity index (χ1) is 9.38. The van der Waals surface area contributed by atoms with Crippen molar-refractivity contribution in [3.8, 4) is 0 Å². The van der Waals surface area contributed by atoms with E-state index in [0.29, 0.717) is 21.4 Å². The minimum Gasteiger partial charge on any atom is -0.480 e. The molecule has 0 amide bonds. The van der Waals surface area contributed by atoms with Crippen molar-refractivity contribution in [2.24, 2.45) is 11.5 Å². The summed E-state index contributed by atoms with van der Waals surface area (Å²) in [5.41, 5.74) is 11.2. The van der Waals surface area contributed by atoms with Crippen LogP contribution in [0.5, 0.6) is 0 Å². The summed E-state index contributed by atoms with van der Waals surface area (Å²) in [4.78, 5) is 26.9. The molecular weight excluding hydrogens is 331 g/mol. The molecule has 0 aliphatic carbocycles. The van der Waals surface area contributed by atoms with E-state index in [1.807, 2.05) is 0 Å². The number of H-pyrrole nitrogens is 1. The molecule has 0 radical (unpaired) electrons. The maximum absolute atomic E-state index is 10.3. The zero-order valence-electron chi connectivity index (χ0n) is 11.2. The molecule has 2 atom stereocenters. The number of aromatic nitrogens is 2. The van der Waals surface area contributed by atoms with Crippen LogP contribution in [0.2, 0.25) is 11.1 Å². The standard InChI is InChI=1S/C6H9N3O2.C5H11NO2Se/c7-5(6(10)11)1-4-2-8-3-9-4;1-9-3-2-4(6)5(7)8/h2-3,5H,1,7H2,(H,8,9)(H,10,11);4H,2-3,6H2,1H3,(H,7,8)/t5-;4-/m00/s1. The molecule has 20 heavy (non-hydrogen) atoms. The molecule has 0 aromatic carbocycles. The maximum Gasteiger partial charge on any atom is 0.320 e. The Bertz CT molecular complexity index is 399. The molecule has 0 aliphatic rings. The van der Waals surface area contributed by atoms with Gasteiger partial charge < -0.3 is 15.8 Å². The Labute approximate surface area is 123 Å². The van der Waals surface area contributed by atoms with Crippen LogP contribution in [0.1, 0.15) is 12.1 Å². The summed E-state index contributed by atoms with van der Waals surface area (Å²) < 4.78 is 0. The largest absolute Gasteiger partial charge is 0.480 e. The van der Waals surface area contributed by atoms with Crippen LogP contribution in [0.25, 0.3) is 0 Å². The number of nitrogens with one attached hydrogen (secondary N) is 1. The third-order valence-corrected chi connectivity index (χ3v) is 3.61. The fourth-order valence-corrected chi connectivity index (χ4v) is 2.12. The van der Waals surface area contributed by atoms with Crippen LogP contribution in [0.3, 0.4) is 0 Å².